The summed E-state index contributed by atoms with van der Waals surface area (Å²) in [5.74, 6) is 0.268. The van der Waals surface area contributed by atoms with Gasteiger partial charge in [-0.05, 0) is 49.6 Å². The summed E-state index contributed by atoms with van der Waals surface area (Å²) in [6.45, 7) is 6.17. The van der Waals surface area contributed by atoms with Gasteiger partial charge in [0.05, 0.1) is 11.8 Å². The summed E-state index contributed by atoms with van der Waals surface area (Å²) < 4.78 is 1.88. The molecule has 1 N–H and O–H groups in total. The van der Waals surface area contributed by atoms with Gasteiger partial charge in [-0.3, -0.25) is 9.36 Å². The van der Waals surface area contributed by atoms with Crippen LogP contribution in [0.5, 0.6) is 0 Å². The van der Waals surface area contributed by atoms with Crippen LogP contribution in [0.3, 0.4) is 0 Å². The number of carbonyl (C=O) groups excluding carboxylic acids is 1. The fourth-order valence-electron chi connectivity index (χ4n) is 2.62. The van der Waals surface area contributed by atoms with E-state index in [-0.39, 0.29) is 11.9 Å². The van der Waals surface area contributed by atoms with E-state index < -0.39 is 0 Å². The predicted molar refractivity (Wildman–Crippen MR) is 105 cm³/mol. The third-order valence-corrected chi connectivity index (χ3v) is 5.23. The van der Waals surface area contributed by atoms with Gasteiger partial charge in [0, 0.05) is 5.69 Å². The lowest BCUT2D eigenvalue weighted by Gasteiger charge is -2.15. The molecule has 1 amide bonds. The zero-order valence-corrected chi connectivity index (χ0v) is 16.0. The molecule has 0 unspecified atom stereocenters. The highest BCUT2D eigenvalue weighted by Gasteiger charge is 2.13. The molecule has 0 saturated heterocycles. The van der Waals surface area contributed by atoms with E-state index in [1.165, 1.54) is 22.9 Å². The number of carbonyl (C=O) groups is 1. The van der Waals surface area contributed by atoms with Crippen molar-refractivity contribution in [2.75, 3.05) is 5.75 Å². The molecule has 1 aromatic heterocycles. The zero-order valence-electron chi connectivity index (χ0n) is 15.1. The molecular weight excluding hydrogens is 344 g/mol. The van der Waals surface area contributed by atoms with E-state index in [4.69, 9.17) is 0 Å². The number of rotatable bonds is 6. The maximum atomic E-state index is 12.3. The number of nitrogens with one attached hydrogen (secondary N) is 1. The monoisotopic (exact) mass is 366 g/mol. The average Bonchev–Trinajstić information content (AvgIpc) is 3.11. The summed E-state index contributed by atoms with van der Waals surface area (Å²) in [6, 6.07) is 16.1. The quantitative estimate of drug-likeness (QED) is 0.673. The van der Waals surface area contributed by atoms with Crippen molar-refractivity contribution in [1.82, 2.24) is 20.1 Å². The highest BCUT2D eigenvalue weighted by atomic mass is 32.2. The number of thioether (sulfide) groups is 1. The third kappa shape index (κ3) is 4.32. The summed E-state index contributed by atoms with van der Waals surface area (Å²) >= 11 is 1.38. The first kappa shape index (κ1) is 18.2. The first-order chi connectivity index (χ1) is 12.5. The minimum absolute atomic E-state index is 0.0247. The largest absolute Gasteiger partial charge is 0.349 e. The van der Waals surface area contributed by atoms with E-state index in [1.54, 1.807) is 6.33 Å². The topological polar surface area (TPSA) is 59.8 Å². The Morgan fingerprint density at radius 3 is 2.65 bits per heavy atom. The van der Waals surface area contributed by atoms with Crippen LogP contribution in [0, 0.1) is 13.8 Å². The molecule has 134 valence electrons. The molecule has 2 aromatic carbocycles. The normalized spacial score (nSPS) is 12.0. The number of hydrogen-bond donors (Lipinski definition) is 1. The van der Waals surface area contributed by atoms with Crippen LogP contribution in [0.2, 0.25) is 0 Å². The average molecular weight is 366 g/mol. The van der Waals surface area contributed by atoms with E-state index in [1.807, 2.05) is 41.8 Å². The molecule has 0 bridgehead atoms. The fraction of sp³-hybridized carbons (Fsp3) is 0.250. The number of benzene rings is 2. The lowest BCUT2D eigenvalue weighted by atomic mass is 10.0. The molecule has 0 fully saturated rings. The Balaban J connectivity index is 1.60. The third-order valence-electron chi connectivity index (χ3n) is 4.29. The number of aromatic nitrogens is 3. The van der Waals surface area contributed by atoms with Gasteiger partial charge in [0.1, 0.15) is 6.33 Å². The standard InChI is InChI=1S/C20H22N4OS/c1-14-9-10-17(11-15(14)2)16(3)22-19(25)12-26-20-23-21-13-24(20)18-7-5-4-6-8-18/h4-11,13,16H,12H2,1-3H3,(H,22,25)/t16-/m0/s1. The predicted octanol–water partition coefficient (Wildman–Crippen LogP) is 3.85. The van der Waals surface area contributed by atoms with Gasteiger partial charge in [0.2, 0.25) is 5.91 Å². The summed E-state index contributed by atoms with van der Waals surface area (Å²) in [4.78, 5) is 12.3. The van der Waals surface area contributed by atoms with Gasteiger partial charge in [-0.15, -0.1) is 10.2 Å². The minimum Gasteiger partial charge on any atom is -0.349 e. The fourth-order valence-corrected chi connectivity index (χ4v) is 3.36. The van der Waals surface area contributed by atoms with E-state index in [0.717, 1.165) is 11.3 Å². The molecule has 0 aliphatic heterocycles. The van der Waals surface area contributed by atoms with Crippen LogP contribution >= 0.6 is 11.8 Å². The van der Waals surface area contributed by atoms with Crippen molar-refractivity contribution >= 4 is 17.7 Å². The molecule has 0 spiro atoms. The van der Waals surface area contributed by atoms with Crippen molar-refractivity contribution in [3.63, 3.8) is 0 Å². The SMILES string of the molecule is Cc1ccc([C@H](C)NC(=O)CSc2nncn2-c2ccccc2)cc1C. The molecule has 26 heavy (non-hydrogen) atoms. The number of amides is 1. The maximum Gasteiger partial charge on any atom is 0.230 e. The van der Waals surface area contributed by atoms with Gasteiger partial charge >= 0.3 is 0 Å². The van der Waals surface area contributed by atoms with Gasteiger partial charge < -0.3 is 5.32 Å². The molecule has 1 heterocycles. The first-order valence-electron chi connectivity index (χ1n) is 8.49. The van der Waals surface area contributed by atoms with Crippen molar-refractivity contribution in [2.24, 2.45) is 0 Å². The summed E-state index contributed by atoms with van der Waals surface area (Å²) in [6.07, 6.45) is 1.66. The van der Waals surface area contributed by atoms with Gasteiger partial charge in [-0.1, -0.05) is 48.2 Å². The lowest BCUT2D eigenvalue weighted by molar-refractivity contribution is -0.119. The Labute approximate surface area is 157 Å². The Bertz CT molecular complexity index is 892. The molecular formula is C20H22N4OS. The second-order valence-corrected chi connectivity index (χ2v) is 7.18. The Hall–Kier alpha value is -2.60. The second kappa shape index (κ2) is 8.19. The van der Waals surface area contributed by atoms with Crippen LogP contribution in [-0.4, -0.2) is 26.4 Å². The van der Waals surface area contributed by atoms with Crippen molar-refractivity contribution < 1.29 is 4.79 Å². The number of hydrogen-bond acceptors (Lipinski definition) is 4. The summed E-state index contributed by atoms with van der Waals surface area (Å²) in [7, 11) is 0. The Kier molecular flexibility index (Phi) is 5.73. The van der Waals surface area contributed by atoms with Crippen molar-refractivity contribution in [3.8, 4) is 5.69 Å². The van der Waals surface area contributed by atoms with Gasteiger partial charge in [0.25, 0.3) is 0 Å². The molecule has 0 aliphatic rings. The van der Waals surface area contributed by atoms with Crippen LogP contribution in [0.25, 0.3) is 5.69 Å². The smallest absolute Gasteiger partial charge is 0.230 e. The maximum absolute atomic E-state index is 12.3. The van der Waals surface area contributed by atoms with E-state index in [2.05, 4.69) is 47.6 Å². The minimum atomic E-state index is -0.0330. The Morgan fingerprint density at radius 2 is 1.92 bits per heavy atom. The van der Waals surface area contributed by atoms with Gasteiger partial charge in [0.15, 0.2) is 5.16 Å². The van der Waals surface area contributed by atoms with Gasteiger partial charge in [-0.2, -0.15) is 0 Å². The highest BCUT2D eigenvalue weighted by Crippen LogP contribution is 2.20. The van der Waals surface area contributed by atoms with Crippen LogP contribution in [0.4, 0.5) is 0 Å². The van der Waals surface area contributed by atoms with Crippen molar-refractivity contribution in [2.45, 2.75) is 32.0 Å². The number of aryl methyl sites for hydroxylation is 2. The van der Waals surface area contributed by atoms with Crippen LogP contribution in [0.15, 0.2) is 60.0 Å². The number of nitrogens with zero attached hydrogens (tertiary/aromatic N) is 3. The van der Waals surface area contributed by atoms with E-state index >= 15 is 0 Å². The zero-order chi connectivity index (χ0) is 18.5. The molecule has 0 radical (unpaired) electrons. The molecule has 3 rings (SSSR count). The molecule has 6 heteroatoms. The molecule has 0 saturated carbocycles. The second-order valence-electron chi connectivity index (χ2n) is 6.24. The van der Waals surface area contributed by atoms with Crippen LogP contribution in [-0.2, 0) is 4.79 Å². The van der Waals surface area contributed by atoms with Crippen molar-refractivity contribution in [1.29, 1.82) is 0 Å². The summed E-state index contributed by atoms with van der Waals surface area (Å²) in [5.41, 5.74) is 4.57. The Morgan fingerprint density at radius 1 is 1.15 bits per heavy atom. The van der Waals surface area contributed by atoms with Crippen molar-refractivity contribution in [3.05, 3.63) is 71.5 Å². The molecule has 0 aliphatic carbocycles. The van der Waals surface area contributed by atoms with E-state index in [9.17, 15) is 4.79 Å². The molecule has 3 aromatic rings. The van der Waals surface area contributed by atoms with E-state index in [0.29, 0.717) is 10.9 Å². The lowest BCUT2D eigenvalue weighted by Crippen LogP contribution is -2.28. The highest BCUT2D eigenvalue weighted by molar-refractivity contribution is 7.99. The van der Waals surface area contributed by atoms with Crippen LogP contribution < -0.4 is 5.32 Å². The van der Waals surface area contributed by atoms with Gasteiger partial charge in [-0.25, -0.2) is 0 Å². The molecule has 5 nitrogen and oxygen atoms in total. The first-order valence-corrected chi connectivity index (χ1v) is 9.48. The number of para-hydroxylation sites is 1. The molecule has 1 atom stereocenters. The summed E-state index contributed by atoms with van der Waals surface area (Å²) in [5, 5.41) is 11.8. The van der Waals surface area contributed by atoms with Crippen LogP contribution in [0.1, 0.15) is 29.7 Å².